The van der Waals surface area contributed by atoms with Crippen molar-refractivity contribution in [1.82, 2.24) is 10.4 Å². The summed E-state index contributed by atoms with van der Waals surface area (Å²) >= 11 is 3.11. The number of nitrogens with two attached hydrogens (primary N) is 2. The van der Waals surface area contributed by atoms with Gasteiger partial charge in [0.2, 0.25) is 5.91 Å². The average molecular weight is 665 g/mol. The fourth-order valence-corrected chi connectivity index (χ4v) is 4.95. The molecule has 0 unspecified atom stereocenters. The topological polar surface area (TPSA) is 256 Å². The number of nitrogens with one attached hydrogen (secondary N) is 1. The maximum absolute atomic E-state index is 11.0. The molecule has 1 heterocycles. The summed E-state index contributed by atoms with van der Waals surface area (Å²) < 4.78 is 60.4. The number of nitrogens with zero attached hydrogens (tertiary/aromatic N) is 1. The summed E-state index contributed by atoms with van der Waals surface area (Å²) in [5.41, 5.74) is 10.4. The minimum atomic E-state index is -4.14. The molecule has 1 aliphatic rings. The van der Waals surface area contributed by atoms with Crippen molar-refractivity contribution in [2.45, 2.75) is 58.5 Å². The molecule has 0 radical (unpaired) electrons. The Hall–Kier alpha value is -0.480. The quantitative estimate of drug-likeness (QED) is 0.0792. The molecule has 0 aromatic rings. The Bertz CT molecular complexity index is 953. The van der Waals surface area contributed by atoms with Gasteiger partial charge in [0.1, 0.15) is 0 Å². The van der Waals surface area contributed by atoms with Crippen LogP contribution in [-0.2, 0) is 44.3 Å². The van der Waals surface area contributed by atoms with Gasteiger partial charge in [0, 0.05) is 31.3 Å². The molecule has 0 bridgehead atoms. The van der Waals surface area contributed by atoms with Crippen molar-refractivity contribution in [1.29, 1.82) is 0 Å². The molecule has 0 saturated carbocycles. The van der Waals surface area contributed by atoms with Gasteiger partial charge < -0.3 is 26.2 Å². The van der Waals surface area contributed by atoms with E-state index in [1.165, 1.54) is 11.8 Å². The number of carbonyl (C=O) groups excluding carboxylic acids is 4. The van der Waals surface area contributed by atoms with Crippen LogP contribution in [0.15, 0.2) is 0 Å². The summed E-state index contributed by atoms with van der Waals surface area (Å²) in [5, 5.41) is 2.99. The van der Waals surface area contributed by atoms with E-state index in [4.69, 9.17) is 16.0 Å². The minimum absolute atomic E-state index is 0. The van der Waals surface area contributed by atoms with Gasteiger partial charge in [0.15, 0.2) is 0 Å². The van der Waals surface area contributed by atoms with Crippen LogP contribution in [0.5, 0.6) is 0 Å². The molecule has 0 aliphatic carbocycles. The molecule has 0 aromatic heterocycles. The van der Waals surface area contributed by atoms with Crippen LogP contribution >= 0.6 is 23.5 Å². The van der Waals surface area contributed by atoms with Crippen molar-refractivity contribution in [2.24, 2.45) is 11.5 Å². The summed E-state index contributed by atoms with van der Waals surface area (Å²) in [6.07, 6.45) is 5.24. The molecule has 1 saturated heterocycles. The summed E-state index contributed by atoms with van der Waals surface area (Å²) in [5.74, 6) is -1.32. The first-order chi connectivity index (χ1) is 17.5. The van der Waals surface area contributed by atoms with Gasteiger partial charge in [-0.05, 0) is 36.9 Å². The molecule has 1 fully saturated rings. The minimum Gasteiger partial charge on any atom is -0.748 e. The van der Waals surface area contributed by atoms with Gasteiger partial charge >= 0.3 is 35.5 Å². The van der Waals surface area contributed by atoms with Gasteiger partial charge in [0.05, 0.1) is 28.2 Å². The zero-order valence-electron chi connectivity index (χ0n) is 22.5. The van der Waals surface area contributed by atoms with Crippen LogP contribution in [-0.4, -0.2) is 109 Å². The smallest absolute Gasteiger partial charge is 0.748 e. The second kappa shape index (κ2) is 25.1. The summed E-state index contributed by atoms with van der Waals surface area (Å²) in [7, 11) is -8.21. The maximum Gasteiger partial charge on any atom is 1.00 e. The van der Waals surface area contributed by atoms with Gasteiger partial charge in [-0.1, -0.05) is 14.4 Å². The summed E-state index contributed by atoms with van der Waals surface area (Å²) in [4.78, 5) is 47.9. The molecule has 2 atom stereocenters. The maximum atomic E-state index is 11.0. The van der Waals surface area contributed by atoms with Gasteiger partial charge in [-0.2, -0.15) is 31.9 Å². The van der Waals surface area contributed by atoms with E-state index in [1.54, 1.807) is 18.7 Å². The molecule has 3 amide bonds. The van der Waals surface area contributed by atoms with Gasteiger partial charge in [-0.3, -0.25) is 18.9 Å². The monoisotopic (exact) mass is 664 g/mol. The normalized spacial score (nSPS) is 14.2. The average Bonchev–Trinajstić information content (AvgIpc) is 3.11. The number of carbonyl (C=O) groups is 4. The Labute approximate surface area is 267 Å². The van der Waals surface area contributed by atoms with Crippen LogP contribution in [0.25, 0.3) is 0 Å². The molecule has 15 nitrogen and oxygen atoms in total. The van der Waals surface area contributed by atoms with Gasteiger partial charge in [0.25, 0.3) is 21.9 Å². The molecule has 0 aromatic carbocycles. The van der Waals surface area contributed by atoms with Crippen LogP contribution < -0.4 is 46.3 Å². The standard InChI is InChI=1S/C7H16N2O4S2.C7H9NO4.C5H13NO3S2.CH4.Na/c1-14-3-2-6(5-15(11,12)13)9-7(10)4-8;1-2-7(11)12-8-5(9)3-4-6(8)10;1-10-3-2-5(6)4-11(7,8)9;;/h6H,2-5,8H2,1H3,(H,9,10)(H,11,12,13);2-4H2,1H3;5H,2-4,6H2,1H3,(H,7,8,9);1H4;/q;;;;+1/p-1/t6-;;5-;;/m0.0../s1. The molecule has 1 rings (SSSR count). The van der Waals surface area contributed by atoms with E-state index in [0.717, 1.165) is 5.75 Å². The number of amides is 3. The van der Waals surface area contributed by atoms with Gasteiger partial charge in [-0.15, -0.1) is 5.06 Å². The molecular formula is C20H41N4NaO11S4. The number of hydrogen-bond acceptors (Lipinski definition) is 14. The zero-order valence-corrected chi connectivity index (χ0v) is 27.8. The third-order valence-electron chi connectivity index (χ3n) is 4.23. The first-order valence-corrected chi connectivity index (χ1v) is 17.1. The Morgan fingerprint density at radius 2 is 1.55 bits per heavy atom. The Balaban J connectivity index is -0.000000240. The van der Waals surface area contributed by atoms with E-state index in [-0.39, 0.29) is 62.8 Å². The van der Waals surface area contributed by atoms with E-state index >= 15 is 0 Å². The number of hydroxylamine groups is 2. The van der Waals surface area contributed by atoms with Crippen LogP contribution in [0.4, 0.5) is 0 Å². The molecule has 232 valence electrons. The Morgan fingerprint density at radius 3 is 1.93 bits per heavy atom. The largest absolute Gasteiger partial charge is 1.00 e. The number of thioether (sulfide) groups is 2. The van der Waals surface area contributed by atoms with E-state index < -0.39 is 67.5 Å². The fraction of sp³-hybridized carbons (Fsp3) is 0.800. The number of hydrogen-bond donors (Lipinski definition) is 4. The zero-order chi connectivity index (χ0) is 29.9. The number of rotatable bonds is 14. The first kappa shape index (κ1) is 46.5. The summed E-state index contributed by atoms with van der Waals surface area (Å²) in [6, 6.07) is -1.09. The predicted molar refractivity (Wildman–Crippen MR) is 150 cm³/mol. The van der Waals surface area contributed by atoms with Crippen molar-refractivity contribution in [2.75, 3.05) is 42.1 Å². The van der Waals surface area contributed by atoms with E-state index in [1.807, 2.05) is 12.5 Å². The summed E-state index contributed by atoms with van der Waals surface area (Å²) in [6.45, 7) is 1.40. The Morgan fingerprint density at radius 1 is 1.07 bits per heavy atom. The Kier molecular flexibility index (Phi) is 29.1. The predicted octanol–water partition coefficient (Wildman–Crippen LogP) is -3.67. The van der Waals surface area contributed by atoms with Crippen molar-refractivity contribution in [3.63, 3.8) is 0 Å². The van der Waals surface area contributed by atoms with Crippen molar-refractivity contribution < 1.29 is 79.5 Å². The molecule has 6 N–H and O–H groups in total. The van der Waals surface area contributed by atoms with E-state index in [0.29, 0.717) is 23.7 Å². The number of imide groups is 1. The van der Waals surface area contributed by atoms with Crippen LogP contribution in [0, 0.1) is 0 Å². The molecule has 40 heavy (non-hydrogen) atoms. The van der Waals surface area contributed by atoms with Crippen molar-refractivity contribution in [3.05, 3.63) is 0 Å². The fourth-order valence-electron chi connectivity index (χ4n) is 2.44. The SMILES string of the molecule is C.CCC(=O)ON1C(=O)CCC1=O.CSCC[C@@H](CS(=O)(=O)O)NC(=O)CN.CSCC[C@H](N)CS(=O)(=O)[O-].[Na+]. The van der Waals surface area contributed by atoms with Crippen molar-refractivity contribution >= 4 is 67.5 Å². The second-order valence-corrected chi connectivity index (χ2v) is 12.6. The van der Waals surface area contributed by atoms with Crippen LogP contribution in [0.2, 0.25) is 0 Å². The molecule has 0 spiro atoms. The third-order valence-corrected chi connectivity index (χ3v) is 7.18. The van der Waals surface area contributed by atoms with Crippen molar-refractivity contribution in [3.8, 4) is 0 Å². The molecular weight excluding hydrogens is 623 g/mol. The second-order valence-electron chi connectivity index (χ2n) is 7.66. The first-order valence-electron chi connectivity index (χ1n) is 11.2. The molecule has 1 aliphatic heterocycles. The third kappa shape index (κ3) is 27.7. The van der Waals surface area contributed by atoms with Crippen LogP contribution in [0.3, 0.4) is 0 Å². The van der Waals surface area contributed by atoms with E-state index in [9.17, 15) is 40.6 Å². The molecule has 20 heteroatoms. The van der Waals surface area contributed by atoms with Crippen LogP contribution in [0.1, 0.15) is 46.5 Å². The van der Waals surface area contributed by atoms with Gasteiger partial charge in [-0.25, -0.2) is 13.2 Å². The van der Waals surface area contributed by atoms with E-state index in [2.05, 4.69) is 10.2 Å².